The zero-order valence-electron chi connectivity index (χ0n) is 22.9. The molecule has 0 saturated heterocycles. The number of carbonyl (C=O) groups excluding carboxylic acids is 3. The van der Waals surface area contributed by atoms with Gasteiger partial charge in [0, 0.05) is 0 Å². The Balaban J connectivity index is 1.56. The molecule has 1 amide bonds. The molecule has 0 bridgehead atoms. The van der Waals surface area contributed by atoms with E-state index in [1.165, 1.54) is 0 Å². The van der Waals surface area contributed by atoms with E-state index in [0.29, 0.717) is 19.3 Å². The van der Waals surface area contributed by atoms with Crippen LogP contribution in [0.3, 0.4) is 0 Å². The zero-order valence-corrected chi connectivity index (χ0v) is 22.9. The maximum absolute atomic E-state index is 13.0. The van der Waals surface area contributed by atoms with E-state index in [0.717, 1.165) is 43.2 Å². The Hall–Kier alpha value is -3.35. The van der Waals surface area contributed by atoms with Crippen molar-refractivity contribution in [2.45, 2.75) is 97.0 Å². The van der Waals surface area contributed by atoms with Crippen LogP contribution in [-0.4, -0.2) is 29.7 Å². The Morgan fingerprint density at radius 2 is 1.42 bits per heavy atom. The molecule has 206 valence electrons. The van der Waals surface area contributed by atoms with Crippen LogP contribution >= 0.6 is 0 Å². The highest BCUT2D eigenvalue weighted by Gasteiger charge is 2.37. The Morgan fingerprint density at radius 3 is 1.97 bits per heavy atom. The van der Waals surface area contributed by atoms with Crippen LogP contribution in [0.15, 0.2) is 60.7 Å². The molecule has 0 aromatic heterocycles. The fraction of sp³-hybridized carbons (Fsp3) is 0.516. The number of carbonyl (C=O) groups is 3. The lowest BCUT2D eigenvalue weighted by Crippen LogP contribution is -2.44. The number of hydrogen-bond acceptors (Lipinski definition) is 6. The third-order valence-corrected chi connectivity index (χ3v) is 6.83. The van der Waals surface area contributed by atoms with E-state index in [4.69, 9.17) is 14.2 Å². The van der Waals surface area contributed by atoms with Crippen molar-refractivity contribution in [2.75, 3.05) is 0 Å². The van der Waals surface area contributed by atoms with Gasteiger partial charge in [-0.15, -0.1) is 0 Å². The summed E-state index contributed by atoms with van der Waals surface area (Å²) in [6, 6.07) is 18.2. The SMILES string of the molecule is CC(C)(C)OC(=O)NC(CCCC1(CC(=O)OCc2ccccc2)CCCC1)C(=O)OCc1ccccc1. The van der Waals surface area contributed by atoms with Gasteiger partial charge in [0.05, 0.1) is 6.42 Å². The second-order valence-corrected chi connectivity index (χ2v) is 11.2. The molecule has 3 rings (SSSR count). The quantitative estimate of drug-likeness (QED) is 0.253. The number of nitrogens with one attached hydrogen (secondary N) is 1. The van der Waals surface area contributed by atoms with Crippen molar-refractivity contribution in [1.29, 1.82) is 0 Å². The smallest absolute Gasteiger partial charge is 0.408 e. The number of ether oxygens (including phenoxy) is 3. The number of benzene rings is 2. The summed E-state index contributed by atoms with van der Waals surface area (Å²) in [4.78, 5) is 38.1. The van der Waals surface area contributed by atoms with E-state index < -0.39 is 23.7 Å². The molecule has 1 N–H and O–H groups in total. The molecule has 0 spiro atoms. The lowest BCUT2D eigenvalue weighted by molar-refractivity contribution is -0.149. The van der Waals surface area contributed by atoms with Gasteiger partial charge in [-0.2, -0.15) is 0 Å². The maximum atomic E-state index is 13.0. The van der Waals surface area contributed by atoms with Gasteiger partial charge in [0.1, 0.15) is 24.9 Å². The summed E-state index contributed by atoms with van der Waals surface area (Å²) in [6.07, 6.45) is 5.59. The fourth-order valence-electron chi connectivity index (χ4n) is 4.94. The van der Waals surface area contributed by atoms with Crippen molar-refractivity contribution in [2.24, 2.45) is 5.41 Å². The second kappa shape index (κ2) is 14.0. The lowest BCUT2D eigenvalue weighted by Gasteiger charge is -2.29. The first-order valence-electron chi connectivity index (χ1n) is 13.5. The minimum Gasteiger partial charge on any atom is -0.461 e. The monoisotopic (exact) mass is 523 g/mol. The molecule has 0 aliphatic heterocycles. The summed E-state index contributed by atoms with van der Waals surface area (Å²) in [5.74, 6) is -0.691. The predicted molar refractivity (Wildman–Crippen MR) is 145 cm³/mol. The van der Waals surface area contributed by atoms with Crippen molar-refractivity contribution in [3.63, 3.8) is 0 Å². The molecular weight excluding hydrogens is 482 g/mol. The highest BCUT2D eigenvalue weighted by molar-refractivity contribution is 5.81. The second-order valence-electron chi connectivity index (χ2n) is 11.2. The Bertz CT molecular complexity index is 1030. The predicted octanol–water partition coefficient (Wildman–Crippen LogP) is 6.49. The Labute approximate surface area is 226 Å². The molecule has 7 nitrogen and oxygen atoms in total. The normalized spacial score (nSPS) is 15.3. The fourth-order valence-corrected chi connectivity index (χ4v) is 4.94. The van der Waals surface area contributed by atoms with Crippen molar-refractivity contribution >= 4 is 18.0 Å². The van der Waals surface area contributed by atoms with Crippen LogP contribution in [0.4, 0.5) is 4.79 Å². The van der Waals surface area contributed by atoms with E-state index in [9.17, 15) is 14.4 Å². The van der Waals surface area contributed by atoms with Gasteiger partial charge in [0.2, 0.25) is 0 Å². The van der Waals surface area contributed by atoms with Crippen LogP contribution in [0.2, 0.25) is 0 Å². The third-order valence-electron chi connectivity index (χ3n) is 6.83. The minimum atomic E-state index is -0.836. The molecule has 1 unspecified atom stereocenters. The lowest BCUT2D eigenvalue weighted by atomic mass is 9.78. The van der Waals surface area contributed by atoms with Gasteiger partial charge < -0.3 is 19.5 Å². The molecule has 1 aliphatic rings. The molecule has 38 heavy (non-hydrogen) atoms. The van der Waals surface area contributed by atoms with E-state index in [2.05, 4.69) is 5.32 Å². The van der Waals surface area contributed by atoms with Crippen LogP contribution in [0.5, 0.6) is 0 Å². The standard InChI is InChI=1S/C31H41NO6/c1-30(2,3)38-29(35)32-26(28(34)37-23-25-15-8-5-9-16-25)17-12-20-31(18-10-11-19-31)21-27(33)36-22-24-13-6-4-7-14-24/h4-9,13-16,26H,10-12,17-23H2,1-3H3,(H,32,35). The Morgan fingerprint density at radius 1 is 0.868 bits per heavy atom. The van der Waals surface area contributed by atoms with Gasteiger partial charge in [-0.05, 0) is 63.0 Å². The van der Waals surface area contributed by atoms with Gasteiger partial charge in [-0.25, -0.2) is 9.59 Å². The van der Waals surface area contributed by atoms with Crippen LogP contribution in [0.1, 0.15) is 83.3 Å². The molecule has 2 aromatic carbocycles. The first kappa shape index (κ1) is 29.2. The summed E-state index contributed by atoms with van der Waals surface area (Å²) in [5, 5.41) is 2.70. The highest BCUT2D eigenvalue weighted by atomic mass is 16.6. The Kier molecular flexibility index (Phi) is 10.7. The first-order chi connectivity index (χ1) is 18.1. The molecule has 0 heterocycles. The van der Waals surface area contributed by atoms with E-state index in [1.807, 2.05) is 60.7 Å². The van der Waals surface area contributed by atoms with Crippen molar-refractivity contribution < 1.29 is 28.6 Å². The van der Waals surface area contributed by atoms with Crippen LogP contribution in [0.25, 0.3) is 0 Å². The summed E-state index contributed by atoms with van der Waals surface area (Å²) in [5.41, 5.74) is 1.01. The summed E-state index contributed by atoms with van der Waals surface area (Å²) >= 11 is 0. The molecule has 1 aliphatic carbocycles. The summed E-state index contributed by atoms with van der Waals surface area (Å²) in [7, 11) is 0. The number of esters is 2. The van der Waals surface area contributed by atoms with Crippen molar-refractivity contribution in [3.05, 3.63) is 71.8 Å². The molecule has 1 atom stereocenters. The van der Waals surface area contributed by atoms with Crippen molar-refractivity contribution in [3.8, 4) is 0 Å². The first-order valence-corrected chi connectivity index (χ1v) is 13.5. The summed E-state index contributed by atoms with van der Waals surface area (Å²) < 4.78 is 16.5. The van der Waals surface area contributed by atoms with Crippen LogP contribution in [-0.2, 0) is 37.0 Å². The summed E-state index contributed by atoms with van der Waals surface area (Å²) in [6.45, 7) is 5.72. The topological polar surface area (TPSA) is 90.9 Å². The molecular formula is C31H41NO6. The van der Waals surface area contributed by atoms with E-state index >= 15 is 0 Å². The number of hydrogen-bond donors (Lipinski definition) is 1. The van der Waals surface area contributed by atoms with Crippen LogP contribution in [0, 0.1) is 5.41 Å². The van der Waals surface area contributed by atoms with Crippen LogP contribution < -0.4 is 5.32 Å². The average molecular weight is 524 g/mol. The highest BCUT2D eigenvalue weighted by Crippen LogP contribution is 2.45. The third kappa shape index (κ3) is 10.2. The van der Waals surface area contributed by atoms with Gasteiger partial charge in [0.25, 0.3) is 0 Å². The molecule has 7 heteroatoms. The molecule has 1 fully saturated rings. The average Bonchev–Trinajstić information content (AvgIpc) is 3.33. The maximum Gasteiger partial charge on any atom is 0.408 e. The van der Waals surface area contributed by atoms with Gasteiger partial charge in [-0.1, -0.05) is 79.9 Å². The molecule has 0 radical (unpaired) electrons. The van der Waals surface area contributed by atoms with Gasteiger partial charge in [0.15, 0.2) is 0 Å². The van der Waals surface area contributed by atoms with Crippen molar-refractivity contribution in [1.82, 2.24) is 5.32 Å². The molecule has 1 saturated carbocycles. The number of alkyl carbamates (subject to hydrolysis) is 1. The number of rotatable bonds is 12. The van der Waals surface area contributed by atoms with Gasteiger partial charge >= 0.3 is 18.0 Å². The molecule has 2 aromatic rings. The van der Waals surface area contributed by atoms with Gasteiger partial charge in [-0.3, -0.25) is 4.79 Å². The largest absolute Gasteiger partial charge is 0.461 e. The number of amides is 1. The van der Waals surface area contributed by atoms with E-state index in [-0.39, 0.29) is 24.6 Å². The van der Waals surface area contributed by atoms with E-state index in [1.54, 1.807) is 20.8 Å². The zero-order chi connectivity index (χ0) is 27.4. The minimum absolute atomic E-state index is 0.128.